The molecule has 3 heteroatoms. The molecule has 2 rings (SSSR count). The smallest absolute Gasteiger partial charge is 0.0746 e. The van der Waals surface area contributed by atoms with E-state index in [9.17, 15) is 5.11 Å². The van der Waals surface area contributed by atoms with Crippen LogP contribution >= 0.6 is 0 Å². The zero-order chi connectivity index (χ0) is 10.9. The molecule has 0 aliphatic carbocycles. The van der Waals surface area contributed by atoms with Gasteiger partial charge in [0.15, 0.2) is 0 Å². The topological polar surface area (TPSA) is 38.7 Å². The van der Waals surface area contributed by atoms with Crippen LogP contribution in [0.25, 0.3) is 0 Å². The lowest BCUT2D eigenvalue weighted by Crippen LogP contribution is -2.50. The van der Waals surface area contributed by atoms with Gasteiger partial charge < -0.3 is 14.6 Å². The first-order valence-electron chi connectivity index (χ1n) is 6.06. The van der Waals surface area contributed by atoms with Crippen LogP contribution in [0.3, 0.4) is 0 Å². The van der Waals surface area contributed by atoms with E-state index in [-0.39, 0.29) is 12.2 Å². The summed E-state index contributed by atoms with van der Waals surface area (Å²) in [5.74, 6) is 0.306. The van der Waals surface area contributed by atoms with E-state index in [1.165, 1.54) is 0 Å². The number of aliphatic hydroxyl groups is 1. The molecule has 2 saturated heterocycles. The van der Waals surface area contributed by atoms with Gasteiger partial charge in [0.2, 0.25) is 0 Å². The highest BCUT2D eigenvalue weighted by atomic mass is 16.5. The molecule has 2 fully saturated rings. The molecule has 1 N–H and O–H groups in total. The van der Waals surface area contributed by atoms with Gasteiger partial charge >= 0.3 is 0 Å². The molecule has 2 heterocycles. The summed E-state index contributed by atoms with van der Waals surface area (Å²) in [7, 11) is 0. The third-order valence-electron chi connectivity index (χ3n) is 3.67. The molecule has 2 aliphatic rings. The van der Waals surface area contributed by atoms with Gasteiger partial charge in [0, 0.05) is 25.4 Å². The normalized spacial score (nSPS) is 47.8. The molecule has 3 atom stereocenters. The molecule has 0 aromatic carbocycles. The first-order chi connectivity index (χ1) is 7.10. The second-order valence-corrected chi connectivity index (χ2v) is 5.18. The molecule has 0 aromatic rings. The van der Waals surface area contributed by atoms with Crippen LogP contribution in [0.2, 0.25) is 0 Å². The van der Waals surface area contributed by atoms with E-state index in [1.54, 1.807) is 0 Å². The van der Waals surface area contributed by atoms with Gasteiger partial charge in [-0.2, -0.15) is 0 Å². The highest BCUT2D eigenvalue weighted by molar-refractivity contribution is 4.93. The molecule has 3 nitrogen and oxygen atoms in total. The second kappa shape index (κ2) is 4.40. The van der Waals surface area contributed by atoms with Crippen LogP contribution in [-0.2, 0) is 9.47 Å². The van der Waals surface area contributed by atoms with Crippen molar-refractivity contribution >= 4 is 0 Å². The molecule has 0 saturated carbocycles. The quantitative estimate of drug-likeness (QED) is 0.722. The highest BCUT2D eigenvalue weighted by Gasteiger charge is 2.43. The van der Waals surface area contributed by atoms with E-state index < -0.39 is 5.60 Å². The molecule has 0 spiro atoms. The second-order valence-electron chi connectivity index (χ2n) is 5.18. The zero-order valence-electron chi connectivity index (χ0n) is 9.74. The first-order valence-corrected chi connectivity index (χ1v) is 6.06. The average Bonchev–Trinajstić information content (AvgIpc) is 2.17. The fourth-order valence-electron chi connectivity index (χ4n) is 3.07. The zero-order valence-corrected chi connectivity index (χ0v) is 9.74. The maximum atomic E-state index is 10.7. The van der Waals surface area contributed by atoms with E-state index in [4.69, 9.17) is 9.47 Å². The summed E-state index contributed by atoms with van der Waals surface area (Å²) in [4.78, 5) is 0. The molecular formula is C12H22O3. The number of hydrogen-bond acceptors (Lipinski definition) is 3. The van der Waals surface area contributed by atoms with Gasteiger partial charge in [0.1, 0.15) is 0 Å². The monoisotopic (exact) mass is 214 g/mol. The molecule has 15 heavy (non-hydrogen) atoms. The van der Waals surface area contributed by atoms with Crippen molar-refractivity contribution in [1.82, 2.24) is 0 Å². The van der Waals surface area contributed by atoms with Crippen molar-refractivity contribution in [3.05, 3.63) is 0 Å². The van der Waals surface area contributed by atoms with Crippen LogP contribution in [0, 0.1) is 5.92 Å². The van der Waals surface area contributed by atoms with Crippen LogP contribution < -0.4 is 0 Å². The summed E-state index contributed by atoms with van der Waals surface area (Å²) in [5.41, 5.74) is -0.558. The minimum absolute atomic E-state index is 0.167. The lowest BCUT2D eigenvalue weighted by Gasteiger charge is -2.45. The van der Waals surface area contributed by atoms with Crippen molar-refractivity contribution in [2.45, 2.75) is 57.3 Å². The number of hydrogen-bond donors (Lipinski definition) is 1. The van der Waals surface area contributed by atoms with Gasteiger partial charge in [0.05, 0.1) is 24.4 Å². The Balaban J connectivity index is 2.02. The van der Waals surface area contributed by atoms with E-state index in [0.29, 0.717) is 5.92 Å². The molecular weight excluding hydrogens is 192 g/mol. The lowest BCUT2D eigenvalue weighted by molar-refractivity contribution is -0.172. The summed E-state index contributed by atoms with van der Waals surface area (Å²) in [6.07, 6.45) is 4.02. The molecule has 0 bridgehead atoms. The van der Waals surface area contributed by atoms with Crippen molar-refractivity contribution in [1.29, 1.82) is 0 Å². The van der Waals surface area contributed by atoms with Crippen LogP contribution in [0.15, 0.2) is 0 Å². The Morgan fingerprint density at radius 3 is 2.40 bits per heavy atom. The van der Waals surface area contributed by atoms with Gasteiger partial charge in [-0.1, -0.05) is 0 Å². The van der Waals surface area contributed by atoms with E-state index in [0.717, 1.165) is 38.9 Å². The minimum atomic E-state index is -0.558. The Hall–Kier alpha value is -0.120. The molecule has 0 aromatic heterocycles. The predicted molar refractivity (Wildman–Crippen MR) is 57.7 cm³/mol. The summed E-state index contributed by atoms with van der Waals surface area (Å²) in [6.45, 7) is 5.67. The fourth-order valence-corrected chi connectivity index (χ4v) is 3.07. The minimum Gasteiger partial charge on any atom is -0.389 e. The lowest BCUT2D eigenvalue weighted by atomic mass is 9.75. The third-order valence-corrected chi connectivity index (χ3v) is 3.67. The van der Waals surface area contributed by atoms with Crippen molar-refractivity contribution in [3.8, 4) is 0 Å². The Morgan fingerprint density at radius 2 is 1.87 bits per heavy atom. The molecule has 0 radical (unpaired) electrons. The summed E-state index contributed by atoms with van der Waals surface area (Å²) in [5, 5.41) is 10.7. The first kappa shape index (κ1) is 11.4. The summed E-state index contributed by atoms with van der Waals surface area (Å²) >= 11 is 0. The van der Waals surface area contributed by atoms with Crippen LogP contribution in [0.1, 0.15) is 39.5 Å². The highest BCUT2D eigenvalue weighted by Crippen LogP contribution is 2.38. The standard InChI is InChI=1S/C12H22O3/c1-9-6-12(13,7-10(2)15-9)11-4-3-5-14-8-11/h9-11,13H,3-8H2,1-2H3. The number of ether oxygens (including phenoxy) is 2. The molecule has 0 amide bonds. The molecule has 88 valence electrons. The maximum Gasteiger partial charge on any atom is 0.0746 e. The van der Waals surface area contributed by atoms with Gasteiger partial charge in [-0.3, -0.25) is 0 Å². The molecule has 3 unspecified atom stereocenters. The SMILES string of the molecule is CC1CC(O)(C2CCCOC2)CC(C)O1. The third kappa shape index (κ3) is 2.52. The van der Waals surface area contributed by atoms with Crippen molar-refractivity contribution in [2.75, 3.05) is 13.2 Å². The van der Waals surface area contributed by atoms with Gasteiger partial charge in [-0.05, 0) is 26.7 Å². The van der Waals surface area contributed by atoms with Crippen molar-refractivity contribution in [3.63, 3.8) is 0 Å². The van der Waals surface area contributed by atoms with E-state index >= 15 is 0 Å². The summed E-state index contributed by atoms with van der Waals surface area (Å²) < 4.78 is 11.1. The Morgan fingerprint density at radius 1 is 1.20 bits per heavy atom. The van der Waals surface area contributed by atoms with Crippen LogP contribution in [0.4, 0.5) is 0 Å². The van der Waals surface area contributed by atoms with Gasteiger partial charge in [-0.15, -0.1) is 0 Å². The molecule has 2 aliphatic heterocycles. The van der Waals surface area contributed by atoms with E-state index in [1.807, 2.05) is 13.8 Å². The maximum absolute atomic E-state index is 10.7. The average molecular weight is 214 g/mol. The Kier molecular flexibility index (Phi) is 3.33. The fraction of sp³-hybridized carbons (Fsp3) is 1.00. The van der Waals surface area contributed by atoms with Crippen LogP contribution in [0.5, 0.6) is 0 Å². The van der Waals surface area contributed by atoms with Crippen molar-refractivity contribution < 1.29 is 14.6 Å². The Labute approximate surface area is 91.8 Å². The van der Waals surface area contributed by atoms with Crippen LogP contribution in [-0.4, -0.2) is 36.1 Å². The Bertz CT molecular complexity index is 201. The van der Waals surface area contributed by atoms with Gasteiger partial charge in [-0.25, -0.2) is 0 Å². The van der Waals surface area contributed by atoms with Crippen molar-refractivity contribution in [2.24, 2.45) is 5.92 Å². The van der Waals surface area contributed by atoms with Gasteiger partial charge in [0.25, 0.3) is 0 Å². The number of rotatable bonds is 1. The predicted octanol–water partition coefficient (Wildman–Crippen LogP) is 1.73. The largest absolute Gasteiger partial charge is 0.389 e. The summed E-state index contributed by atoms with van der Waals surface area (Å²) in [6, 6.07) is 0. The van der Waals surface area contributed by atoms with E-state index in [2.05, 4.69) is 0 Å².